The molecule has 7 heteroatoms. The van der Waals surface area contributed by atoms with Gasteiger partial charge in [-0.3, -0.25) is 4.79 Å². The number of aromatic amines is 1. The average Bonchev–Trinajstić information content (AvgIpc) is 2.99. The maximum Gasteiger partial charge on any atom is 0.290 e. The van der Waals surface area contributed by atoms with Crippen LogP contribution in [0.1, 0.15) is 51.3 Å². The number of fused-ring (bicyclic) bond motifs is 3. The van der Waals surface area contributed by atoms with Crippen LogP contribution in [0.4, 0.5) is 5.69 Å². The fourth-order valence-corrected chi connectivity index (χ4v) is 3.88. The van der Waals surface area contributed by atoms with Crippen LogP contribution in [0.3, 0.4) is 0 Å². The summed E-state index contributed by atoms with van der Waals surface area (Å²) in [5, 5.41) is 19.2. The molecule has 1 aromatic heterocycles. The molecule has 1 heterocycles. The topological polar surface area (TPSA) is 89.2 Å². The van der Waals surface area contributed by atoms with E-state index in [1.54, 1.807) is 0 Å². The Morgan fingerprint density at radius 2 is 2.18 bits per heavy atom. The molecule has 6 nitrogen and oxygen atoms in total. The standard InChI is InChI=1S/C20H30N4S.CH2O2/c1-4-5-10-21-20(25)23-15-7-9-19-17(12-15)16-11-14(22-13(2)3)6-8-18(16)24-19;2-1-3/h7,9,12-14,22,24H,4-6,8,10-11H2,1-3H3,(H2,21,23,25);1H,(H,2,3). The molecule has 0 spiro atoms. The first-order chi connectivity index (χ1) is 13.5. The molecule has 0 aliphatic heterocycles. The monoisotopic (exact) mass is 404 g/mol. The van der Waals surface area contributed by atoms with Gasteiger partial charge in [0.25, 0.3) is 6.47 Å². The number of anilines is 1. The van der Waals surface area contributed by atoms with E-state index in [4.69, 9.17) is 22.1 Å². The second-order valence-electron chi connectivity index (χ2n) is 7.44. The van der Waals surface area contributed by atoms with E-state index in [1.165, 1.54) is 35.0 Å². The Labute approximate surface area is 172 Å². The highest BCUT2D eigenvalue weighted by Gasteiger charge is 2.22. The molecule has 0 saturated carbocycles. The fourth-order valence-electron chi connectivity index (χ4n) is 3.66. The van der Waals surface area contributed by atoms with Gasteiger partial charge in [-0.15, -0.1) is 0 Å². The molecule has 0 bridgehead atoms. The molecule has 1 aromatic carbocycles. The van der Waals surface area contributed by atoms with Crippen molar-refractivity contribution in [3.05, 3.63) is 29.5 Å². The lowest BCUT2D eigenvalue weighted by molar-refractivity contribution is -0.122. The second-order valence-corrected chi connectivity index (χ2v) is 7.85. The van der Waals surface area contributed by atoms with Crippen molar-refractivity contribution in [2.75, 3.05) is 11.9 Å². The van der Waals surface area contributed by atoms with Crippen molar-refractivity contribution in [3.63, 3.8) is 0 Å². The molecule has 1 atom stereocenters. The summed E-state index contributed by atoms with van der Waals surface area (Å²) in [5.41, 5.74) is 5.15. The number of aromatic nitrogens is 1. The van der Waals surface area contributed by atoms with E-state index in [-0.39, 0.29) is 6.47 Å². The summed E-state index contributed by atoms with van der Waals surface area (Å²) in [6.45, 7) is 7.30. The Morgan fingerprint density at radius 3 is 2.86 bits per heavy atom. The maximum absolute atomic E-state index is 8.36. The molecule has 0 saturated heterocycles. The van der Waals surface area contributed by atoms with Crippen LogP contribution in [-0.4, -0.2) is 40.3 Å². The predicted octanol–water partition coefficient (Wildman–Crippen LogP) is 3.81. The van der Waals surface area contributed by atoms with Crippen LogP contribution in [0, 0.1) is 0 Å². The minimum Gasteiger partial charge on any atom is -0.483 e. The van der Waals surface area contributed by atoms with Gasteiger partial charge in [0.2, 0.25) is 0 Å². The number of rotatable bonds is 6. The van der Waals surface area contributed by atoms with Crippen LogP contribution in [0.25, 0.3) is 10.9 Å². The zero-order chi connectivity index (χ0) is 20.5. The van der Waals surface area contributed by atoms with E-state index in [2.05, 4.69) is 59.9 Å². The van der Waals surface area contributed by atoms with Gasteiger partial charge in [-0.25, -0.2) is 0 Å². The molecule has 1 aliphatic rings. The van der Waals surface area contributed by atoms with Crippen molar-refractivity contribution in [2.45, 2.75) is 65.0 Å². The number of hydrogen-bond acceptors (Lipinski definition) is 3. The third-order valence-corrected chi connectivity index (χ3v) is 5.08. The van der Waals surface area contributed by atoms with Gasteiger partial charge >= 0.3 is 0 Å². The third-order valence-electron chi connectivity index (χ3n) is 4.83. The Bertz CT molecular complexity index is 788. The molecule has 1 aliphatic carbocycles. The Balaban J connectivity index is 0.000000878. The van der Waals surface area contributed by atoms with E-state index < -0.39 is 0 Å². The van der Waals surface area contributed by atoms with Crippen molar-refractivity contribution in [2.24, 2.45) is 0 Å². The summed E-state index contributed by atoms with van der Waals surface area (Å²) in [5.74, 6) is 0. The van der Waals surface area contributed by atoms with Crippen LogP contribution in [0.15, 0.2) is 18.2 Å². The van der Waals surface area contributed by atoms with Gasteiger partial charge < -0.3 is 26.0 Å². The molecule has 28 heavy (non-hydrogen) atoms. The molecule has 0 fully saturated rings. The normalized spacial score (nSPS) is 15.5. The first-order valence-corrected chi connectivity index (χ1v) is 10.4. The highest BCUT2D eigenvalue weighted by Crippen LogP contribution is 2.31. The zero-order valence-corrected chi connectivity index (χ0v) is 17.8. The molecule has 5 N–H and O–H groups in total. The molecule has 0 amide bonds. The molecule has 0 radical (unpaired) electrons. The number of H-pyrrole nitrogens is 1. The summed E-state index contributed by atoms with van der Waals surface area (Å²) >= 11 is 5.40. The summed E-state index contributed by atoms with van der Waals surface area (Å²) in [6, 6.07) is 7.59. The summed E-state index contributed by atoms with van der Waals surface area (Å²) in [7, 11) is 0. The van der Waals surface area contributed by atoms with Crippen molar-refractivity contribution in [1.29, 1.82) is 0 Å². The number of benzene rings is 1. The van der Waals surface area contributed by atoms with E-state index >= 15 is 0 Å². The van der Waals surface area contributed by atoms with E-state index in [1.807, 2.05) is 0 Å². The lowest BCUT2D eigenvalue weighted by atomic mass is 9.91. The second kappa shape index (κ2) is 11.0. The fraction of sp³-hybridized carbons (Fsp3) is 0.524. The smallest absolute Gasteiger partial charge is 0.290 e. The Kier molecular flexibility index (Phi) is 8.73. The number of aryl methyl sites for hydroxylation is 1. The van der Waals surface area contributed by atoms with Crippen LogP contribution >= 0.6 is 12.2 Å². The van der Waals surface area contributed by atoms with Gasteiger partial charge in [-0.05, 0) is 61.7 Å². The minimum absolute atomic E-state index is 0.250. The number of thiocarbonyl (C=S) groups is 1. The Hall–Kier alpha value is -2.12. The van der Waals surface area contributed by atoms with Gasteiger partial charge in [0.05, 0.1) is 0 Å². The number of carbonyl (C=O) groups is 1. The van der Waals surface area contributed by atoms with Gasteiger partial charge in [0.1, 0.15) is 0 Å². The SMILES string of the molecule is CCCCNC(=S)Nc1ccc2[nH]c3c(c2c1)CC(NC(C)C)CC3.O=CO. The highest BCUT2D eigenvalue weighted by molar-refractivity contribution is 7.80. The van der Waals surface area contributed by atoms with Gasteiger partial charge in [-0.2, -0.15) is 0 Å². The first-order valence-electron chi connectivity index (χ1n) is 10.0. The quantitative estimate of drug-likeness (QED) is 0.286. The zero-order valence-electron chi connectivity index (χ0n) is 17.0. The molecular formula is C21H32N4O2S. The molecular weight excluding hydrogens is 372 g/mol. The lowest BCUT2D eigenvalue weighted by Gasteiger charge is -2.25. The van der Waals surface area contributed by atoms with E-state index in [9.17, 15) is 0 Å². The predicted molar refractivity (Wildman–Crippen MR) is 120 cm³/mol. The number of nitrogens with one attached hydrogen (secondary N) is 4. The molecule has 2 aromatic rings. The maximum atomic E-state index is 8.36. The van der Waals surface area contributed by atoms with Crippen LogP contribution in [-0.2, 0) is 17.6 Å². The first kappa shape index (κ1) is 22.2. The largest absolute Gasteiger partial charge is 0.483 e. The molecule has 154 valence electrons. The number of hydrogen-bond donors (Lipinski definition) is 5. The number of carboxylic acid groups (broad SMARTS) is 1. The summed E-state index contributed by atoms with van der Waals surface area (Å²) in [6.07, 6.45) is 5.72. The van der Waals surface area contributed by atoms with Crippen molar-refractivity contribution < 1.29 is 9.90 Å². The van der Waals surface area contributed by atoms with Gasteiger partial charge in [0.15, 0.2) is 5.11 Å². The summed E-state index contributed by atoms with van der Waals surface area (Å²) < 4.78 is 0. The highest BCUT2D eigenvalue weighted by atomic mass is 32.1. The lowest BCUT2D eigenvalue weighted by Crippen LogP contribution is -2.38. The minimum atomic E-state index is -0.250. The van der Waals surface area contributed by atoms with Gasteiger partial charge in [-0.1, -0.05) is 27.2 Å². The van der Waals surface area contributed by atoms with Crippen molar-refractivity contribution in [1.82, 2.24) is 15.6 Å². The molecule has 3 rings (SSSR count). The molecule has 1 unspecified atom stereocenters. The van der Waals surface area contributed by atoms with Gasteiger partial charge in [0, 0.05) is 40.9 Å². The van der Waals surface area contributed by atoms with Crippen LogP contribution in [0.5, 0.6) is 0 Å². The van der Waals surface area contributed by atoms with Crippen LogP contribution in [0.2, 0.25) is 0 Å². The van der Waals surface area contributed by atoms with Crippen molar-refractivity contribution in [3.8, 4) is 0 Å². The van der Waals surface area contributed by atoms with Crippen LogP contribution < -0.4 is 16.0 Å². The number of unbranched alkanes of at least 4 members (excludes halogenated alkanes) is 1. The van der Waals surface area contributed by atoms with E-state index in [0.717, 1.165) is 31.5 Å². The summed E-state index contributed by atoms with van der Waals surface area (Å²) in [4.78, 5) is 12.0. The van der Waals surface area contributed by atoms with E-state index in [0.29, 0.717) is 17.2 Å². The van der Waals surface area contributed by atoms with Crippen molar-refractivity contribution >= 4 is 40.4 Å². The third kappa shape index (κ3) is 6.21. The Morgan fingerprint density at radius 1 is 1.43 bits per heavy atom. The average molecular weight is 405 g/mol.